The van der Waals surface area contributed by atoms with Gasteiger partial charge in [-0.25, -0.2) is 8.42 Å². The highest BCUT2D eigenvalue weighted by Crippen LogP contribution is 2.22. The smallest absolute Gasteiger partial charge is 0.175 e. The third kappa shape index (κ3) is 3.91. The lowest BCUT2D eigenvalue weighted by Gasteiger charge is -2.12. The second-order valence-corrected chi connectivity index (χ2v) is 7.63. The van der Waals surface area contributed by atoms with Gasteiger partial charge in [-0.15, -0.1) is 0 Å². The number of aliphatic hydroxyl groups excluding tert-OH is 1. The summed E-state index contributed by atoms with van der Waals surface area (Å²) in [7, 11) is -3.26. The van der Waals surface area contributed by atoms with E-state index >= 15 is 0 Å². The second-order valence-electron chi connectivity index (χ2n) is 4.69. The fourth-order valence-corrected chi connectivity index (χ4v) is 3.08. The molecule has 20 heavy (non-hydrogen) atoms. The minimum atomic E-state index is -3.26. The molecule has 0 fully saturated rings. The van der Waals surface area contributed by atoms with Gasteiger partial charge >= 0.3 is 0 Å². The molecule has 1 N–H and O–H groups in total. The predicted molar refractivity (Wildman–Crippen MR) is 82.4 cm³/mol. The Morgan fingerprint density at radius 2 is 1.85 bits per heavy atom. The fourth-order valence-electron chi connectivity index (χ4n) is 1.96. The molecule has 0 aromatic heterocycles. The first-order chi connectivity index (χ1) is 9.36. The molecule has 1 atom stereocenters. The summed E-state index contributed by atoms with van der Waals surface area (Å²) in [5.74, 6) is 0. The molecule has 0 radical (unpaired) electrons. The number of sulfone groups is 1. The topological polar surface area (TPSA) is 54.4 Å². The van der Waals surface area contributed by atoms with Crippen LogP contribution in [0.15, 0.2) is 57.9 Å². The van der Waals surface area contributed by atoms with Crippen molar-refractivity contribution in [3.05, 3.63) is 64.1 Å². The Labute approximate surface area is 127 Å². The van der Waals surface area contributed by atoms with Crippen LogP contribution < -0.4 is 0 Å². The highest BCUT2D eigenvalue weighted by atomic mass is 79.9. The summed E-state index contributed by atoms with van der Waals surface area (Å²) in [5.41, 5.74) is 1.59. The van der Waals surface area contributed by atoms with Crippen LogP contribution in [0.1, 0.15) is 17.2 Å². The van der Waals surface area contributed by atoms with Crippen LogP contribution in [-0.4, -0.2) is 19.8 Å². The Balaban J connectivity index is 2.23. The van der Waals surface area contributed by atoms with Crippen molar-refractivity contribution in [1.82, 2.24) is 0 Å². The normalized spacial score (nSPS) is 13.2. The standard InChI is InChI=1S/C15H15BrO3S/c1-20(18,19)14-7-3-5-12(10-14)15(17)9-11-4-2-6-13(16)8-11/h2-8,10,15,17H,9H2,1H3. The van der Waals surface area contributed by atoms with Crippen LogP contribution in [0, 0.1) is 0 Å². The molecule has 0 aliphatic carbocycles. The minimum Gasteiger partial charge on any atom is -0.388 e. The number of halogens is 1. The van der Waals surface area contributed by atoms with Crippen molar-refractivity contribution in [3.8, 4) is 0 Å². The molecular formula is C15H15BrO3S. The number of hydrogen-bond donors (Lipinski definition) is 1. The van der Waals surface area contributed by atoms with Crippen molar-refractivity contribution in [3.63, 3.8) is 0 Å². The van der Waals surface area contributed by atoms with Gasteiger partial charge in [-0.05, 0) is 35.4 Å². The third-order valence-electron chi connectivity index (χ3n) is 2.99. The van der Waals surface area contributed by atoms with E-state index in [4.69, 9.17) is 0 Å². The van der Waals surface area contributed by atoms with Crippen molar-refractivity contribution >= 4 is 25.8 Å². The van der Waals surface area contributed by atoms with Crippen LogP contribution in [0.2, 0.25) is 0 Å². The van der Waals surface area contributed by atoms with Crippen LogP contribution in [0.5, 0.6) is 0 Å². The lowest BCUT2D eigenvalue weighted by molar-refractivity contribution is 0.178. The summed E-state index contributed by atoms with van der Waals surface area (Å²) in [6.45, 7) is 0. The molecule has 2 rings (SSSR count). The predicted octanol–water partition coefficient (Wildman–Crippen LogP) is 3.13. The Morgan fingerprint density at radius 1 is 1.15 bits per heavy atom. The van der Waals surface area contributed by atoms with Crippen molar-refractivity contribution in [1.29, 1.82) is 0 Å². The molecule has 0 bridgehead atoms. The molecule has 1 unspecified atom stereocenters. The van der Waals surface area contributed by atoms with Gasteiger partial charge < -0.3 is 5.11 Å². The third-order valence-corrected chi connectivity index (χ3v) is 4.59. The zero-order valence-corrected chi connectivity index (χ0v) is 13.4. The zero-order valence-electron chi connectivity index (χ0n) is 11.0. The molecule has 2 aromatic rings. The summed E-state index contributed by atoms with van der Waals surface area (Å²) >= 11 is 3.39. The monoisotopic (exact) mass is 354 g/mol. The van der Waals surface area contributed by atoms with Gasteiger partial charge in [0.05, 0.1) is 11.0 Å². The van der Waals surface area contributed by atoms with Gasteiger partial charge in [0, 0.05) is 17.1 Å². The van der Waals surface area contributed by atoms with Gasteiger partial charge in [-0.2, -0.15) is 0 Å². The molecule has 5 heteroatoms. The summed E-state index contributed by atoms with van der Waals surface area (Å²) < 4.78 is 24.0. The van der Waals surface area contributed by atoms with Crippen LogP contribution >= 0.6 is 15.9 Å². The van der Waals surface area contributed by atoms with E-state index < -0.39 is 15.9 Å². The van der Waals surface area contributed by atoms with E-state index in [1.165, 1.54) is 12.1 Å². The van der Waals surface area contributed by atoms with E-state index in [0.717, 1.165) is 16.3 Å². The van der Waals surface area contributed by atoms with E-state index in [9.17, 15) is 13.5 Å². The molecule has 0 spiro atoms. The lowest BCUT2D eigenvalue weighted by Crippen LogP contribution is -2.04. The summed E-state index contributed by atoms with van der Waals surface area (Å²) in [6, 6.07) is 14.1. The summed E-state index contributed by atoms with van der Waals surface area (Å²) in [5, 5.41) is 10.2. The molecule has 0 saturated carbocycles. The molecule has 0 heterocycles. The Morgan fingerprint density at radius 3 is 2.50 bits per heavy atom. The van der Waals surface area contributed by atoms with Crippen LogP contribution in [0.3, 0.4) is 0 Å². The van der Waals surface area contributed by atoms with E-state index in [2.05, 4.69) is 15.9 Å². The van der Waals surface area contributed by atoms with E-state index in [0.29, 0.717) is 12.0 Å². The van der Waals surface area contributed by atoms with Crippen molar-refractivity contribution < 1.29 is 13.5 Å². The Kier molecular flexibility index (Phi) is 4.62. The van der Waals surface area contributed by atoms with Gasteiger partial charge in [0.2, 0.25) is 0 Å². The molecule has 3 nitrogen and oxygen atoms in total. The van der Waals surface area contributed by atoms with Crippen LogP contribution in [0.25, 0.3) is 0 Å². The summed E-state index contributed by atoms with van der Waals surface area (Å²) in [4.78, 5) is 0.225. The van der Waals surface area contributed by atoms with Crippen molar-refractivity contribution in [2.24, 2.45) is 0 Å². The molecule has 0 saturated heterocycles. The Bertz CT molecular complexity index is 711. The van der Waals surface area contributed by atoms with Crippen LogP contribution in [0.4, 0.5) is 0 Å². The first kappa shape index (κ1) is 15.2. The highest BCUT2D eigenvalue weighted by Gasteiger charge is 2.13. The maximum atomic E-state index is 11.5. The minimum absolute atomic E-state index is 0.225. The molecule has 0 amide bonds. The van der Waals surface area contributed by atoms with Crippen LogP contribution in [-0.2, 0) is 16.3 Å². The number of aliphatic hydroxyl groups is 1. The van der Waals surface area contributed by atoms with E-state index in [-0.39, 0.29) is 4.90 Å². The van der Waals surface area contributed by atoms with Crippen molar-refractivity contribution in [2.75, 3.05) is 6.26 Å². The molecular weight excluding hydrogens is 340 g/mol. The van der Waals surface area contributed by atoms with E-state index in [1.54, 1.807) is 12.1 Å². The average molecular weight is 355 g/mol. The second kappa shape index (κ2) is 6.08. The van der Waals surface area contributed by atoms with Gasteiger partial charge in [0.25, 0.3) is 0 Å². The largest absolute Gasteiger partial charge is 0.388 e. The fraction of sp³-hybridized carbons (Fsp3) is 0.200. The number of benzene rings is 2. The van der Waals surface area contributed by atoms with Crippen molar-refractivity contribution in [2.45, 2.75) is 17.4 Å². The quantitative estimate of drug-likeness (QED) is 0.917. The zero-order chi connectivity index (χ0) is 14.8. The van der Waals surface area contributed by atoms with E-state index in [1.807, 2.05) is 24.3 Å². The lowest BCUT2D eigenvalue weighted by atomic mass is 10.0. The number of rotatable bonds is 4. The molecule has 0 aliphatic heterocycles. The Hall–Kier alpha value is -1.17. The first-order valence-electron chi connectivity index (χ1n) is 6.09. The number of hydrogen-bond acceptors (Lipinski definition) is 3. The molecule has 2 aromatic carbocycles. The van der Waals surface area contributed by atoms with Gasteiger partial charge in [-0.3, -0.25) is 0 Å². The first-order valence-corrected chi connectivity index (χ1v) is 8.77. The van der Waals surface area contributed by atoms with Gasteiger partial charge in [-0.1, -0.05) is 40.2 Å². The average Bonchev–Trinajstić information content (AvgIpc) is 2.38. The maximum absolute atomic E-state index is 11.5. The highest BCUT2D eigenvalue weighted by molar-refractivity contribution is 9.10. The SMILES string of the molecule is CS(=O)(=O)c1cccc(C(O)Cc2cccc(Br)c2)c1. The van der Waals surface area contributed by atoms with Gasteiger partial charge in [0.1, 0.15) is 0 Å². The molecule has 106 valence electrons. The molecule has 0 aliphatic rings. The van der Waals surface area contributed by atoms with Gasteiger partial charge in [0.15, 0.2) is 9.84 Å². The maximum Gasteiger partial charge on any atom is 0.175 e. The summed E-state index contributed by atoms with van der Waals surface area (Å²) in [6.07, 6.45) is 0.866.